The second-order valence-corrected chi connectivity index (χ2v) is 7.49. The summed E-state index contributed by atoms with van der Waals surface area (Å²) in [4.78, 5) is 32.3. The number of likely N-dealkylation sites (N-methyl/N-ethyl adjacent to an activating group) is 1. The molecule has 0 saturated carbocycles. The summed E-state index contributed by atoms with van der Waals surface area (Å²) in [6, 6.07) is 7.19. The Balaban J connectivity index is 1.62. The number of ether oxygens (including phenoxy) is 1. The molecule has 3 heterocycles. The topological polar surface area (TPSA) is 78.2 Å². The summed E-state index contributed by atoms with van der Waals surface area (Å²) in [6.45, 7) is 0.152. The fourth-order valence-electron chi connectivity index (χ4n) is 4.11. The third-order valence-corrected chi connectivity index (χ3v) is 5.66. The molecule has 4 aromatic rings. The van der Waals surface area contributed by atoms with Crippen molar-refractivity contribution in [2.75, 3.05) is 13.7 Å². The number of pyridine rings is 1. The number of hydrogen-bond acceptors (Lipinski definition) is 3. The van der Waals surface area contributed by atoms with Crippen LogP contribution in [0.25, 0.3) is 21.7 Å². The van der Waals surface area contributed by atoms with Crippen molar-refractivity contribution in [3.8, 4) is 0 Å². The van der Waals surface area contributed by atoms with E-state index in [2.05, 4.69) is 9.97 Å². The first-order valence-corrected chi connectivity index (χ1v) is 9.51. The minimum atomic E-state index is -1.13. The second kappa shape index (κ2) is 6.98. The molecule has 2 N–H and O–H groups in total. The van der Waals surface area contributed by atoms with Gasteiger partial charge in [-0.2, -0.15) is 0 Å². The lowest BCUT2D eigenvalue weighted by molar-refractivity contribution is 0.0333. The molecule has 0 fully saturated rings. The van der Waals surface area contributed by atoms with Gasteiger partial charge in [0.15, 0.2) is 11.6 Å². The van der Waals surface area contributed by atoms with E-state index >= 15 is 0 Å². The third-order valence-electron chi connectivity index (χ3n) is 5.66. The maximum Gasteiger partial charge on any atom is 0.270 e. The maximum absolute atomic E-state index is 14.0. The van der Waals surface area contributed by atoms with Gasteiger partial charge in [-0.3, -0.25) is 9.59 Å². The van der Waals surface area contributed by atoms with Gasteiger partial charge >= 0.3 is 0 Å². The Morgan fingerprint density at radius 1 is 1.06 bits per heavy atom. The molecule has 0 radical (unpaired) electrons. The summed E-state index contributed by atoms with van der Waals surface area (Å²) >= 11 is 0. The Labute approximate surface area is 173 Å². The first-order chi connectivity index (χ1) is 14.8. The molecular weight excluding hydrogens is 411 g/mol. The van der Waals surface area contributed by atoms with E-state index in [1.807, 2.05) is 0 Å². The fraction of sp³-hybridized carbons (Fsp3) is 0.182. The highest BCUT2D eigenvalue weighted by molar-refractivity contribution is 5.98. The van der Waals surface area contributed by atoms with E-state index in [1.165, 1.54) is 18.0 Å². The molecule has 2 aromatic heterocycles. The molecule has 1 aliphatic rings. The summed E-state index contributed by atoms with van der Waals surface area (Å²) in [5, 5.41) is 0.746. The molecule has 1 aliphatic heterocycles. The van der Waals surface area contributed by atoms with Crippen molar-refractivity contribution in [1.82, 2.24) is 14.9 Å². The smallest absolute Gasteiger partial charge is 0.270 e. The SMILES string of the molecule is CN(C(=O)c1cc2cccc(F)c2[nH]1)[C@H]1COCc2[nH]c(=O)c3cc(F)c(F)cc3c21. The number of fused-ring (bicyclic) bond motifs is 4. The van der Waals surface area contributed by atoms with E-state index in [9.17, 15) is 22.8 Å². The van der Waals surface area contributed by atoms with Gasteiger partial charge in [0, 0.05) is 23.7 Å². The van der Waals surface area contributed by atoms with Crippen molar-refractivity contribution in [1.29, 1.82) is 0 Å². The first kappa shape index (κ1) is 19.4. The number of halogens is 3. The zero-order valence-corrected chi connectivity index (χ0v) is 16.3. The summed E-state index contributed by atoms with van der Waals surface area (Å²) in [7, 11) is 1.53. The number of rotatable bonds is 2. The van der Waals surface area contributed by atoms with Gasteiger partial charge in [0.05, 0.1) is 30.2 Å². The molecule has 0 spiro atoms. The van der Waals surface area contributed by atoms with E-state index < -0.39 is 35.0 Å². The lowest BCUT2D eigenvalue weighted by atomic mass is 9.95. The Bertz CT molecular complexity index is 1430. The number of hydrogen-bond donors (Lipinski definition) is 2. The van der Waals surface area contributed by atoms with Gasteiger partial charge in [-0.15, -0.1) is 0 Å². The van der Waals surface area contributed by atoms with Crippen LogP contribution in [0.3, 0.4) is 0 Å². The standard InChI is InChI=1S/C22H16F3N3O3/c1-28(22(30)16-5-10-3-2-4-13(23)20(10)26-16)18-9-31-8-17-19(18)11-6-14(24)15(25)7-12(11)21(29)27-17/h2-7,18,26H,8-9H2,1H3,(H,27,29)/t18-/m0/s1. The Kier molecular flexibility index (Phi) is 4.37. The first-order valence-electron chi connectivity index (χ1n) is 9.51. The Morgan fingerprint density at radius 3 is 2.55 bits per heavy atom. The highest BCUT2D eigenvalue weighted by atomic mass is 19.2. The van der Waals surface area contributed by atoms with Crippen LogP contribution in [0.1, 0.15) is 27.8 Å². The number of benzene rings is 2. The predicted octanol–water partition coefficient (Wildman–Crippen LogP) is 3.77. The normalized spacial score (nSPS) is 15.9. The third kappa shape index (κ3) is 3.00. The van der Waals surface area contributed by atoms with Crippen LogP contribution >= 0.6 is 0 Å². The number of aromatic nitrogens is 2. The van der Waals surface area contributed by atoms with Crippen LogP contribution in [0, 0.1) is 17.5 Å². The van der Waals surface area contributed by atoms with Crippen LogP contribution in [0.4, 0.5) is 13.2 Å². The van der Waals surface area contributed by atoms with Crippen molar-refractivity contribution in [2.24, 2.45) is 0 Å². The molecule has 1 atom stereocenters. The number of nitrogens with one attached hydrogen (secondary N) is 2. The van der Waals surface area contributed by atoms with Gasteiger partial charge in [-0.25, -0.2) is 13.2 Å². The van der Waals surface area contributed by atoms with E-state index in [0.717, 1.165) is 12.1 Å². The van der Waals surface area contributed by atoms with Crippen LogP contribution in [-0.4, -0.2) is 34.4 Å². The van der Waals surface area contributed by atoms with Crippen molar-refractivity contribution in [3.05, 3.63) is 81.2 Å². The molecule has 5 rings (SSSR count). The molecule has 0 bridgehead atoms. The lowest BCUT2D eigenvalue weighted by Gasteiger charge is -2.33. The number of H-pyrrole nitrogens is 2. The largest absolute Gasteiger partial charge is 0.373 e. The maximum atomic E-state index is 14.0. The van der Waals surface area contributed by atoms with Gasteiger partial charge in [0.25, 0.3) is 11.5 Å². The van der Waals surface area contributed by atoms with Gasteiger partial charge in [-0.05, 0) is 29.7 Å². The van der Waals surface area contributed by atoms with Crippen LogP contribution in [0.2, 0.25) is 0 Å². The minimum Gasteiger partial charge on any atom is -0.373 e. The highest BCUT2D eigenvalue weighted by Crippen LogP contribution is 2.34. The summed E-state index contributed by atoms with van der Waals surface area (Å²) in [6.07, 6.45) is 0. The average molecular weight is 427 g/mol. The van der Waals surface area contributed by atoms with E-state index in [-0.39, 0.29) is 35.2 Å². The number of carbonyl (C=O) groups excluding carboxylic acids is 1. The fourth-order valence-corrected chi connectivity index (χ4v) is 4.11. The number of para-hydroxylation sites is 1. The minimum absolute atomic E-state index is 0.0157. The molecule has 0 aliphatic carbocycles. The van der Waals surface area contributed by atoms with Crippen molar-refractivity contribution < 1.29 is 22.7 Å². The number of nitrogens with zero attached hydrogens (tertiary/aromatic N) is 1. The predicted molar refractivity (Wildman–Crippen MR) is 107 cm³/mol. The molecule has 0 saturated heterocycles. The van der Waals surface area contributed by atoms with Crippen LogP contribution < -0.4 is 5.56 Å². The molecule has 6 nitrogen and oxygen atoms in total. The molecule has 158 valence electrons. The molecular formula is C22H16F3N3O3. The van der Waals surface area contributed by atoms with Gasteiger partial charge in [-0.1, -0.05) is 12.1 Å². The number of aromatic amines is 2. The summed E-state index contributed by atoms with van der Waals surface area (Å²) in [5.74, 6) is -3.15. The number of carbonyl (C=O) groups is 1. The van der Waals surface area contributed by atoms with Crippen LogP contribution in [-0.2, 0) is 11.3 Å². The Morgan fingerprint density at radius 2 is 1.81 bits per heavy atom. The van der Waals surface area contributed by atoms with Crippen LogP contribution in [0.5, 0.6) is 0 Å². The molecule has 2 aromatic carbocycles. The molecule has 0 unspecified atom stereocenters. The molecule has 1 amide bonds. The Hall–Kier alpha value is -3.59. The van der Waals surface area contributed by atoms with Gasteiger partial charge in [0.1, 0.15) is 11.5 Å². The molecule has 9 heteroatoms. The van der Waals surface area contributed by atoms with E-state index in [0.29, 0.717) is 16.6 Å². The summed E-state index contributed by atoms with van der Waals surface area (Å²) < 4.78 is 47.3. The highest BCUT2D eigenvalue weighted by Gasteiger charge is 2.32. The average Bonchev–Trinajstić information content (AvgIpc) is 3.19. The monoisotopic (exact) mass is 427 g/mol. The van der Waals surface area contributed by atoms with Crippen molar-refractivity contribution in [3.63, 3.8) is 0 Å². The van der Waals surface area contributed by atoms with E-state index in [4.69, 9.17) is 4.74 Å². The zero-order chi connectivity index (χ0) is 21.9. The zero-order valence-electron chi connectivity index (χ0n) is 16.3. The van der Waals surface area contributed by atoms with Crippen molar-refractivity contribution in [2.45, 2.75) is 12.6 Å². The second-order valence-electron chi connectivity index (χ2n) is 7.49. The quantitative estimate of drug-likeness (QED) is 0.511. The van der Waals surface area contributed by atoms with Crippen LogP contribution in [0.15, 0.2) is 41.2 Å². The number of amides is 1. The lowest BCUT2D eigenvalue weighted by Crippen LogP contribution is -2.37. The van der Waals surface area contributed by atoms with E-state index in [1.54, 1.807) is 18.2 Å². The van der Waals surface area contributed by atoms with Gasteiger partial charge in [0.2, 0.25) is 0 Å². The summed E-state index contributed by atoms with van der Waals surface area (Å²) in [5.41, 5.74) is 0.685. The van der Waals surface area contributed by atoms with Gasteiger partial charge < -0.3 is 19.6 Å². The molecule has 31 heavy (non-hydrogen) atoms. The van der Waals surface area contributed by atoms with Crippen molar-refractivity contribution >= 4 is 27.6 Å².